The summed E-state index contributed by atoms with van der Waals surface area (Å²) in [6.45, 7) is 5.40. The molecule has 0 aliphatic carbocycles. The number of carboxylic acids is 1. The molecule has 1 saturated heterocycles. The summed E-state index contributed by atoms with van der Waals surface area (Å²) in [5.41, 5.74) is 5.67. The molecule has 0 bridgehead atoms. The molecule has 0 aromatic heterocycles. The van der Waals surface area contributed by atoms with Crippen molar-refractivity contribution in [3.8, 4) is 0 Å². The maximum atomic E-state index is 13.2. The summed E-state index contributed by atoms with van der Waals surface area (Å²) in [4.78, 5) is 51.3. The summed E-state index contributed by atoms with van der Waals surface area (Å²) in [6.07, 6.45) is 2.66. The number of aliphatic carboxylic acids is 1. The van der Waals surface area contributed by atoms with Gasteiger partial charge < -0.3 is 31.5 Å². The first-order chi connectivity index (χ1) is 14.5. The van der Waals surface area contributed by atoms with Gasteiger partial charge in [0.2, 0.25) is 17.7 Å². The quantitative estimate of drug-likeness (QED) is 0.261. The van der Waals surface area contributed by atoms with Crippen LogP contribution in [-0.4, -0.2) is 87.6 Å². The first kappa shape index (κ1) is 27.2. The Balaban J connectivity index is 3.01. The normalized spacial score (nSPS) is 21.0. The number of hydrogen-bond acceptors (Lipinski definition) is 7. The van der Waals surface area contributed by atoms with Crippen molar-refractivity contribution >= 4 is 35.5 Å². The number of nitrogens with zero attached hydrogens (tertiary/aromatic N) is 1. The number of thioether (sulfide) groups is 1. The van der Waals surface area contributed by atoms with Gasteiger partial charge in [0.25, 0.3) is 0 Å². The van der Waals surface area contributed by atoms with Crippen LogP contribution in [0.1, 0.15) is 46.5 Å². The van der Waals surface area contributed by atoms with Gasteiger partial charge in [-0.15, -0.1) is 0 Å². The number of carbonyl (C=O) groups is 4. The van der Waals surface area contributed by atoms with Crippen molar-refractivity contribution in [2.45, 2.75) is 76.7 Å². The molecule has 31 heavy (non-hydrogen) atoms. The molecule has 1 aliphatic rings. The van der Waals surface area contributed by atoms with Crippen LogP contribution in [-0.2, 0) is 19.2 Å². The molecular weight excluding hydrogens is 424 g/mol. The molecule has 1 rings (SSSR count). The Morgan fingerprint density at radius 1 is 1.19 bits per heavy atom. The summed E-state index contributed by atoms with van der Waals surface area (Å²) in [5, 5.41) is 24.3. The van der Waals surface area contributed by atoms with Crippen molar-refractivity contribution in [3.63, 3.8) is 0 Å². The van der Waals surface area contributed by atoms with E-state index in [-0.39, 0.29) is 5.92 Å². The molecule has 10 nitrogen and oxygen atoms in total. The van der Waals surface area contributed by atoms with Crippen LogP contribution in [0.4, 0.5) is 0 Å². The van der Waals surface area contributed by atoms with Crippen molar-refractivity contribution in [1.29, 1.82) is 0 Å². The van der Waals surface area contributed by atoms with Crippen LogP contribution < -0.4 is 16.4 Å². The molecule has 3 amide bonds. The van der Waals surface area contributed by atoms with E-state index in [9.17, 15) is 29.4 Å². The zero-order chi connectivity index (χ0) is 23.7. The Kier molecular flexibility index (Phi) is 11.3. The van der Waals surface area contributed by atoms with Crippen LogP contribution in [0, 0.1) is 5.92 Å². The largest absolute Gasteiger partial charge is 0.480 e. The lowest BCUT2D eigenvalue weighted by atomic mass is 9.96. The van der Waals surface area contributed by atoms with Gasteiger partial charge in [0.05, 0.1) is 6.10 Å². The molecule has 0 saturated carbocycles. The molecule has 0 spiro atoms. The molecule has 6 atom stereocenters. The van der Waals surface area contributed by atoms with Crippen molar-refractivity contribution in [2.75, 3.05) is 18.6 Å². The van der Waals surface area contributed by atoms with Crippen molar-refractivity contribution in [3.05, 3.63) is 0 Å². The number of rotatable bonds is 12. The Hall–Kier alpha value is -1.85. The van der Waals surface area contributed by atoms with E-state index in [1.54, 1.807) is 0 Å². The highest BCUT2D eigenvalue weighted by Crippen LogP contribution is 2.21. The predicted molar refractivity (Wildman–Crippen MR) is 118 cm³/mol. The summed E-state index contributed by atoms with van der Waals surface area (Å²) in [5.74, 6) is -2.33. The second-order valence-corrected chi connectivity index (χ2v) is 8.99. The van der Waals surface area contributed by atoms with Gasteiger partial charge in [-0.05, 0) is 44.1 Å². The number of amides is 3. The summed E-state index contributed by atoms with van der Waals surface area (Å²) >= 11 is 1.50. The van der Waals surface area contributed by atoms with Gasteiger partial charge in [0.1, 0.15) is 24.2 Å². The zero-order valence-electron chi connectivity index (χ0n) is 18.7. The minimum atomic E-state index is -1.18. The van der Waals surface area contributed by atoms with Crippen LogP contribution in [0.2, 0.25) is 0 Å². The number of carbonyl (C=O) groups excluding carboxylic acids is 3. The Morgan fingerprint density at radius 2 is 1.84 bits per heavy atom. The zero-order valence-corrected chi connectivity index (χ0v) is 19.5. The van der Waals surface area contributed by atoms with Gasteiger partial charge >= 0.3 is 5.97 Å². The minimum Gasteiger partial charge on any atom is -0.480 e. The second kappa shape index (κ2) is 12.9. The number of nitrogens with one attached hydrogen (secondary N) is 2. The van der Waals surface area contributed by atoms with Crippen LogP contribution in [0.5, 0.6) is 0 Å². The minimum absolute atomic E-state index is 0.233. The Labute approximate surface area is 187 Å². The number of aliphatic hydroxyl groups excluding tert-OH is 1. The molecule has 0 radical (unpaired) electrons. The van der Waals surface area contributed by atoms with E-state index in [4.69, 9.17) is 5.73 Å². The van der Waals surface area contributed by atoms with E-state index in [0.717, 1.165) is 0 Å². The third-order valence-corrected chi connectivity index (χ3v) is 6.31. The van der Waals surface area contributed by atoms with Crippen molar-refractivity contribution < 1.29 is 29.4 Å². The van der Waals surface area contributed by atoms with Crippen molar-refractivity contribution in [2.24, 2.45) is 11.7 Å². The fourth-order valence-electron chi connectivity index (χ4n) is 3.39. The summed E-state index contributed by atoms with van der Waals surface area (Å²) in [6, 6.07) is -3.92. The molecule has 6 N–H and O–H groups in total. The fourth-order valence-corrected chi connectivity index (χ4v) is 3.87. The number of hydrogen-bond donors (Lipinski definition) is 5. The molecular formula is C20H36N4O6S. The maximum absolute atomic E-state index is 13.2. The molecule has 1 heterocycles. The fraction of sp³-hybridized carbons (Fsp3) is 0.800. The monoisotopic (exact) mass is 460 g/mol. The van der Waals surface area contributed by atoms with E-state index >= 15 is 0 Å². The molecule has 11 heteroatoms. The Bertz CT molecular complexity index is 647. The molecule has 1 aliphatic heterocycles. The van der Waals surface area contributed by atoms with Crippen LogP contribution >= 0.6 is 11.8 Å². The molecule has 0 unspecified atom stereocenters. The third kappa shape index (κ3) is 7.65. The third-order valence-electron chi connectivity index (χ3n) is 5.66. The topological polar surface area (TPSA) is 162 Å². The van der Waals surface area contributed by atoms with E-state index in [0.29, 0.717) is 38.0 Å². The van der Waals surface area contributed by atoms with Crippen LogP contribution in [0.3, 0.4) is 0 Å². The van der Waals surface area contributed by atoms with E-state index in [1.807, 2.05) is 20.1 Å². The first-order valence-corrected chi connectivity index (χ1v) is 12.0. The predicted octanol–water partition coefficient (Wildman–Crippen LogP) is -0.461. The number of nitrogens with two attached hydrogens (primary N) is 1. The second-order valence-electron chi connectivity index (χ2n) is 8.01. The number of aliphatic hydroxyl groups is 1. The average molecular weight is 461 g/mol. The van der Waals surface area contributed by atoms with Gasteiger partial charge in [-0.2, -0.15) is 11.8 Å². The van der Waals surface area contributed by atoms with Crippen molar-refractivity contribution in [1.82, 2.24) is 15.5 Å². The smallest absolute Gasteiger partial charge is 0.326 e. The van der Waals surface area contributed by atoms with Gasteiger partial charge in [-0.1, -0.05) is 20.3 Å². The van der Waals surface area contributed by atoms with Gasteiger partial charge in [-0.25, -0.2) is 4.79 Å². The van der Waals surface area contributed by atoms with Gasteiger partial charge in [0.15, 0.2) is 0 Å². The SMILES string of the molecule is CC[C@H](C)[C@H](NC(=O)[C@H](CCSC)NC(=O)[C@@H](N)[C@@H](C)O)C(=O)N1CCC[C@H]1C(=O)O. The highest BCUT2D eigenvalue weighted by Gasteiger charge is 2.40. The lowest BCUT2D eigenvalue weighted by molar-refractivity contribution is -0.150. The van der Waals surface area contributed by atoms with Crippen LogP contribution in [0.25, 0.3) is 0 Å². The summed E-state index contributed by atoms with van der Waals surface area (Å²) in [7, 11) is 0. The van der Waals surface area contributed by atoms with E-state index < -0.39 is 54.0 Å². The molecule has 1 fully saturated rings. The van der Waals surface area contributed by atoms with Gasteiger partial charge in [-0.3, -0.25) is 14.4 Å². The van der Waals surface area contributed by atoms with E-state index in [1.165, 1.54) is 23.6 Å². The highest BCUT2D eigenvalue weighted by molar-refractivity contribution is 7.98. The lowest BCUT2D eigenvalue weighted by Crippen LogP contribution is -2.59. The maximum Gasteiger partial charge on any atom is 0.326 e. The lowest BCUT2D eigenvalue weighted by Gasteiger charge is -2.31. The summed E-state index contributed by atoms with van der Waals surface area (Å²) < 4.78 is 0. The Morgan fingerprint density at radius 3 is 2.35 bits per heavy atom. The molecule has 0 aromatic carbocycles. The highest BCUT2D eigenvalue weighted by atomic mass is 32.2. The average Bonchev–Trinajstić information content (AvgIpc) is 3.23. The van der Waals surface area contributed by atoms with E-state index in [2.05, 4.69) is 10.6 Å². The molecule has 178 valence electrons. The number of likely N-dealkylation sites (tertiary alicyclic amines) is 1. The molecule has 0 aromatic rings. The number of carboxylic acid groups (broad SMARTS) is 1. The standard InChI is InChI=1S/C20H36N4O6S/c1-5-11(2)16(19(28)24-9-6-7-14(24)20(29)30)23-17(26)13(8-10-31-4)22-18(27)15(21)12(3)25/h11-16,25H,5-10,21H2,1-4H3,(H,22,27)(H,23,26)(H,29,30)/t11-,12+,13-,14-,15-,16-/m0/s1. The van der Waals surface area contributed by atoms with Gasteiger partial charge in [0, 0.05) is 6.54 Å². The van der Waals surface area contributed by atoms with Crippen LogP contribution in [0.15, 0.2) is 0 Å². The first-order valence-electron chi connectivity index (χ1n) is 10.6.